The molecule has 0 bridgehead atoms. The van der Waals surface area contributed by atoms with Crippen LogP contribution in [0.1, 0.15) is 24.9 Å². The fourth-order valence-electron chi connectivity index (χ4n) is 2.60. The van der Waals surface area contributed by atoms with Crippen LogP contribution in [0.15, 0.2) is 24.3 Å². The summed E-state index contributed by atoms with van der Waals surface area (Å²) in [6.45, 7) is 10.2. The fraction of sp³-hybridized carbons (Fsp3) is 0.467. The number of piperazine rings is 1. The molecule has 1 saturated heterocycles. The van der Waals surface area contributed by atoms with Crippen molar-refractivity contribution in [3.8, 4) is 5.75 Å². The van der Waals surface area contributed by atoms with Gasteiger partial charge in [0.25, 0.3) is 0 Å². The summed E-state index contributed by atoms with van der Waals surface area (Å²) >= 11 is 4.52. The molecule has 22 heavy (non-hydrogen) atoms. The third-order valence-electron chi connectivity index (χ3n) is 3.55. The van der Waals surface area contributed by atoms with E-state index in [1.165, 1.54) is 3.57 Å². The third-order valence-corrected chi connectivity index (χ3v) is 5.00. The standard InChI is InChI=1S/C15H20I2N2O.2ClH/c1-10(2)7-14(19-5-3-18-4-6-19)12-8-11(16)9-13(17)15(12)20;;/h8-9,14,18,20H,1,3-7H2,2H3;2*1H/t14-;;/m0../s1. The predicted octanol–water partition coefficient (Wildman–Crippen LogP) is 4.36. The average molecular weight is 571 g/mol. The first-order valence-electron chi connectivity index (χ1n) is 6.76. The Labute approximate surface area is 172 Å². The van der Waals surface area contributed by atoms with Gasteiger partial charge in [-0.15, -0.1) is 31.4 Å². The van der Waals surface area contributed by atoms with Gasteiger partial charge in [0.15, 0.2) is 0 Å². The second-order valence-corrected chi connectivity index (χ2v) is 7.70. The van der Waals surface area contributed by atoms with Crippen LogP contribution in [-0.2, 0) is 0 Å². The van der Waals surface area contributed by atoms with Crippen LogP contribution in [-0.4, -0.2) is 36.2 Å². The molecular formula is C15H22Cl2I2N2O. The molecule has 126 valence electrons. The van der Waals surface area contributed by atoms with E-state index in [-0.39, 0.29) is 30.9 Å². The van der Waals surface area contributed by atoms with Gasteiger partial charge in [-0.1, -0.05) is 5.57 Å². The van der Waals surface area contributed by atoms with Gasteiger partial charge in [-0.3, -0.25) is 4.90 Å². The quantitative estimate of drug-likeness (QED) is 0.417. The molecule has 1 aliphatic rings. The topological polar surface area (TPSA) is 35.5 Å². The van der Waals surface area contributed by atoms with Crippen molar-refractivity contribution in [2.45, 2.75) is 19.4 Å². The highest BCUT2D eigenvalue weighted by Crippen LogP contribution is 2.37. The number of nitrogens with zero attached hydrogens (tertiary/aromatic N) is 1. The number of phenolic OH excluding ortho intramolecular Hbond substituents is 1. The lowest BCUT2D eigenvalue weighted by atomic mass is 9.97. The molecule has 1 aromatic carbocycles. The molecular weight excluding hydrogens is 549 g/mol. The summed E-state index contributed by atoms with van der Waals surface area (Å²) in [5.74, 6) is 0.427. The van der Waals surface area contributed by atoms with Crippen LogP contribution in [0, 0.1) is 7.14 Å². The van der Waals surface area contributed by atoms with E-state index in [0.29, 0.717) is 5.75 Å². The van der Waals surface area contributed by atoms with E-state index in [4.69, 9.17) is 0 Å². The largest absolute Gasteiger partial charge is 0.506 e. The number of benzene rings is 1. The molecule has 1 atom stereocenters. The van der Waals surface area contributed by atoms with Crippen LogP contribution in [0.25, 0.3) is 0 Å². The minimum Gasteiger partial charge on any atom is -0.506 e. The Bertz CT molecular complexity index is 509. The van der Waals surface area contributed by atoms with Crippen molar-refractivity contribution in [2.24, 2.45) is 0 Å². The summed E-state index contributed by atoms with van der Waals surface area (Å²) in [6, 6.07) is 4.33. The normalized spacial score (nSPS) is 16.3. The van der Waals surface area contributed by atoms with Crippen LogP contribution in [0.2, 0.25) is 0 Å². The van der Waals surface area contributed by atoms with Crippen molar-refractivity contribution in [1.29, 1.82) is 0 Å². The number of rotatable bonds is 4. The van der Waals surface area contributed by atoms with E-state index in [1.807, 2.05) is 6.07 Å². The number of hydrogen-bond acceptors (Lipinski definition) is 3. The van der Waals surface area contributed by atoms with Gasteiger partial charge < -0.3 is 10.4 Å². The van der Waals surface area contributed by atoms with Crippen LogP contribution >= 0.6 is 70.0 Å². The SMILES string of the molecule is C=C(C)C[C@@H](c1cc(I)cc(I)c1O)N1CCNCC1.Cl.Cl. The first-order valence-corrected chi connectivity index (χ1v) is 8.92. The second-order valence-electron chi connectivity index (χ2n) is 5.29. The molecule has 0 saturated carbocycles. The van der Waals surface area contributed by atoms with Crippen LogP contribution < -0.4 is 5.32 Å². The highest BCUT2D eigenvalue weighted by molar-refractivity contribution is 14.1. The molecule has 1 fully saturated rings. The number of nitrogens with one attached hydrogen (secondary N) is 1. The van der Waals surface area contributed by atoms with E-state index in [9.17, 15) is 5.11 Å². The fourth-order valence-corrected chi connectivity index (χ4v) is 4.49. The summed E-state index contributed by atoms with van der Waals surface area (Å²) in [6.07, 6.45) is 0.893. The van der Waals surface area contributed by atoms with Gasteiger partial charge in [-0.05, 0) is 70.7 Å². The molecule has 2 rings (SSSR count). The molecule has 2 N–H and O–H groups in total. The Morgan fingerprint density at radius 1 is 1.32 bits per heavy atom. The van der Waals surface area contributed by atoms with Gasteiger partial charge in [0, 0.05) is 41.4 Å². The molecule has 7 heteroatoms. The molecule has 1 aliphatic heterocycles. The molecule has 0 amide bonds. The molecule has 0 aliphatic carbocycles. The van der Waals surface area contributed by atoms with Crippen molar-refractivity contribution < 1.29 is 5.11 Å². The van der Waals surface area contributed by atoms with Gasteiger partial charge in [0.2, 0.25) is 0 Å². The molecule has 3 nitrogen and oxygen atoms in total. The zero-order chi connectivity index (χ0) is 14.7. The lowest BCUT2D eigenvalue weighted by Gasteiger charge is -2.36. The second kappa shape index (κ2) is 10.6. The molecule has 1 heterocycles. The van der Waals surface area contributed by atoms with Gasteiger partial charge in [-0.25, -0.2) is 0 Å². The van der Waals surface area contributed by atoms with Crippen molar-refractivity contribution in [3.63, 3.8) is 0 Å². The minimum atomic E-state index is 0. The Hall–Kier alpha value is 0.720. The van der Waals surface area contributed by atoms with Crippen molar-refractivity contribution in [3.05, 3.63) is 37.0 Å². The molecule has 0 radical (unpaired) electrons. The van der Waals surface area contributed by atoms with Gasteiger partial charge >= 0.3 is 0 Å². The summed E-state index contributed by atoms with van der Waals surface area (Å²) < 4.78 is 2.09. The Morgan fingerprint density at radius 2 is 1.91 bits per heavy atom. The maximum absolute atomic E-state index is 10.5. The van der Waals surface area contributed by atoms with Crippen LogP contribution in [0.4, 0.5) is 0 Å². The zero-order valence-electron chi connectivity index (χ0n) is 12.4. The van der Waals surface area contributed by atoms with Gasteiger partial charge in [0.1, 0.15) is 5.75 Å². The van der Waals surface area contributed by atoms with Gasteiger partial charge in [-0.2, -0.15) is 0 Å². The van der Waals surface area contributed by atoms with E-state index < -0.39 is 0 Å². The number of hydrogen-bond donors (Lipinski definition) is 2. The monoisotopic (exact) mass is 570 g/mol. The van der Waals surface area contributed by atoms with Crippen LogP contribution in [0.5, 0.6) is 5.75 Å². The van der Waals surface area contributed by atoms with Crippen molar-refractivity contribution >= 4 is 70.0 Å². The third kappa shape index (κ3) is 5.98. The number of phenols is 1. The van der Waals surface area contributed by atoms with Crippen molar-refractivity contribution in [1.82, 2.24) is 10.2 Å². The molecule has 0 aromatic heterocycles. The summed E-state index contributed by atoms with van der Waals surface area (Å²) in [4.78, 5) is 2.45. The molecule has 0 unspecified atom stereocenters. The maximum Gasteiger partial charge on any atom is 0.133 e. The van der Waals surface area contributed by atoms with E-state index in [1.54, 1.807) is 0 Å². The Balaban J connectivity index is 0.00000220. The first-order chi connectivity index (χ1) is 9.49. The lowest BCUT2D eigenvalue weighted by Crippen LogP contribution is -2.45. The smallest absolute Gasteiger partial charge is 0.133 e. The number of halogens is 4. The summed E-state index contributed by atoms with van der Waals surface area (Å²) in [7, 11) is 0. The van der Waals surface area contributed by atoms with Gasteiger partial charge in [0.05, 0.1) is 3.57 Å². The maximum atomic E-state index is 10.5. The van der Waals surface area contributed by atoms with E-state index in [0.717, 1.165) is 47.3 Å². The molecule has 0 spiro atoms. The predicted molar refractivity (Wildman–Crippen MR) is 115 cm³/mol. The summed E-state index contributed by atoms with van der Waals surface area (Å²) in [5, 5.41) is 13.8. The average Bonchev–Trinajstić information content (AvgIpc) is 2.41. The summed E-state index contributed by atoms with van der Waals surface area (Å²) in [5.41, 5.74) is 2.19. The first kappa shape index (κ1) is 22.7. The zero-order valence-corrected chi connectivity index (χ0v) is 18.4. The van der Waals surface area contributed by atoms with E-state index >= 15 is 0 Å². The Morgan fingerprint density at radius 3 is 2.45 bits per heavy atom. The van der Waals surface area contributed by atoms with E-state index in [2.05, 4.69) is 75.0 Å². The highest BCUT2D eigenvalue weighted by atomic mass is 127. The lowest BCUT2D eigenvalue weighted by molar-refractivity contribution is 0.169. The van der Waals surface area contributed by atoms with Crippen LogP contribution in [0.3, 0.4) is 0 Å². The highest BCUT2D eigenvalue weighted by Gasteiger charge is 2.25. The van der Waals surface area contributed by atoms with Crippen molar-refractivity contribution in [2.75, 3.05) is 26.2 Å². The minimum absolute atomic E-state index is 0. The Kier molecular flexibility index (Phi) is 10.9. The number of aromatic hydroxyl groups is 1. The molecule has 1 aromatic rings.